The number of rotatable bonds is 4. The Bertz CT molecular complexity index is 902. The Morgan fingerprint density at radius 3 is 1.46 bits per heavy atom. The predicted molar refractivity (Wildman–Crippen MR) is 86.8 cm³/mol. The third-order valence-corrected chi connectivity index (χ3v) is 5.17. The highest BCUT2D eigenvalue weighted by atomic mass is 16.7. The molecule has 0 radical (unpaired) electrons. The summed E-state index contributed by atoms with van der Waals surface area (Å²) in [6.07, 6.45) is -2.01. The molecule has 1 saturated carbocycles. The lowest BCUT2D eigenvalue weighted by molar-refractivity contribution is -0.127. The molecule has 3 fully saturated rings. The van der Waals surface area contributed by atoms with Crippen molar-refractivity contribution in [1.29, 1.82) is 0 Å². The Morgan fingerprint density at radius 1 is 0.692 bits per heavy atom. The van der Waals surface area contributed by atoms with Crippen molar-refractivity contribution in [2.24, 2.45) is 0 Å². The maximum atomic E-state index is 13.1. The van der Waals surface area contributed by atoms with Crippen LogP contribution in [0.3, 0.4) is 0 Å². The van der Waals surface area contributed by atoms with E-state index in [1.807, 2.05) is 0 Å². The van der Waals surface area contributed by atoms with Crippen LogP contribution < -0.4 is 0 Å². The van der Waals surface area contributed by atoms with E-state index in [2.05, 4.69) is 0 Å². The van der Waals surface area contributed by atoms with Crippen LogP contribution in [0.5, 0.6) is 0 Å². The average molecular weight is 348 g/mol. The molecule has 0 aromatic heterocycles. The summed E-state index contributed by atoms with van der Waals surface area (Å²) >= 11 is 0. The lowest BCUT2D eigenvalue weighted by atomic mass is 9.71. The average Bonchev–Trinajstić information content (AvgIpc) is 3.60. The lowest BCUT2D eigenvalue weighted by Gasteiger charge is -2.19. The third-order valence-electron chi connectivity index (χ3n) is 5.17. The van der Waals surface area contributed by atoms with E-state index in [9.17, 15) is 19.2 Å². The van der Waals surface area contributed by atoms with Crippen LogP contribution in [-0.2, 0) is 19.1 Å². The van der Waals surface area contributed by atoms with Gasteiger partial charge in [0.25, 0.3) is 0 Å². The van der Waals surface area contributed by atoms with Crippen LogP contribution in [0.1, 0.15) is 20.7 Å². The van der Waals surface area contributed by atoms with Gasteiger partial charge in [-0.1, -0.05) is 60.7 Å². The molecule has 2 aliphatic heterocycles. The molecule has 2 aromatic carbocycles. The van der Waals surface area contributed by atoms with Gasteiger partial charge in [0.15, 0.2) is 12.2 Å². The van der Waals surface area contributed by atoms with Crippen molar-refractivity contribution in [3.63, 3.8) is 0 Å². The molecule has 0 bridgehead atoms. The van der Waals surface area contributed by atoms with Gasteiger partial charge in [0.05, 0.1) is 0 Å². The predicted octanol–water partition coefficient (Wildman–Crippen LogP) is 1.18. The Balaban J connectivity index is 1.66. The number of hydrogen-bond donors (Lipinski definition) is 0. The summed E-state index contributed by atoms with van der Waals surface area (Å²) in [6, 6.07) is 16.1. The lowest BCUT2D eigenvalue weighted by Crippen LogP contribution is -2.56. The Kier molecular flexibility index (Phi) is 2.83. The van der Waals surface area contributed by atoms with Crippen molar-refractivity contribution in [3.05, 3.63) is 71.8 Å². The van der Waals surface area contributed by atoms with E-state index in [4.69, 9.17) is 9.47 Å². The Labute approximate surface area is 147 Å². The van der Waals surface area contributed by atoms with Crippen molar-refractivity contribution in [1.82, 2.24) is 0 Å². The van der Waals surface area contributed by atoms with Crippen molar-refractivity contribution in [2.75, 3.05) is 0 Å². The van der Waals surface area contributed by atoms with Crippen LogP contribution in [-0.4, -0.2) is 46.5 Å². The van der Waals surface area contributed by atoms with Crippen molar-refractivity contribution < 1.29 is 28.7 Å². The van der Waals surface area contributed by atoms with Gasteiger partial charge in [-0.2, -0.15) is 0 Å². The largest absolute Gasteiger partial charge is 0.353 e. The first-order valence-electron chi connectivity index (χ1n) is 8.18. The first-order valence-corrected chi connectivity index (χ1v) is 8.18. The first kappa shape index (κ1) is 15.3. The standard InChI is InChI=1S/C20H12O6/c21-15(11-7-3-1-4-8-11)19-17(23)13-14(25-13)18(24)20(19,26-19)16(22)12-9-5-2-6-10-12/h1-10,13-14H. The Hall–Kier alpha value is -2.96. The summed E-state index contributed by atoms with van der Waals surface area (Å²) in [4.78, 5) is 51.9. The van der Waals surface area contributed by atoms with Gasteiger partial charge in [-0.15, -0.1) is 0 Å². The number of ether oxygens (including phenoxy) is 2. The molecule has 2 aromatic rings. The SMILES string of the molecule is O=C(c1ccccc1)C12OC1(C(=O)c1ccccc1)C(=O)C1OC1C2=O. The molecule has 4 unspecified atom stereocenters. The maximum absolute atomic E-state index is 13.1. The molecule has 2 heterocycles. The number of benzene rings is 2. The van der Waals surface area contributed by atoms with Gasteiger partial charge >= 0.3 is 0 Å². The molecular weight excluding hydrogens is 336 g/mol. The highest BCUT2D eigenvalue weighted by Crippen LogP contribution is 2.60. The molecule has 3 aliphatic rings. The molecule has 5 rings (SSSR count). The molecule has 128 valence electrons. The van der Waals surface area contributed by atoms with Gasteiger partial charge in [0.1, 0.15) is 0 Å². The van der Waals surface area contributed by atoms with E-state index in [-0.39, 0.29) is 11.1 Å². The minimum Gasteiger partial charge on any atom is -0.353 e. The minimum atomic E-state index is -2.13. The minimum absolute atomic E-state index is 0.204. The molecule has 2 saturated heterocycles. The number of fused-ring (bicyclic) bond motifs is 2. The normalized spacial score (nSPS) is 33.8. The summed E-state index contributed by atoms with van der Waals surface area (Å²) in [5.41, 5.74) is -3.85. The van der Waals surface area contributed by atoms with E-state index >= 15 is 0 Å². The zero-order valence-corrected chi connectivity index (χ0v) is 13.4. The van der Waals surface area contributed by atoms with E-state index in [0.29, 0.717) is 0 Å². The van der Waals surface area contributed by atoms with E-state index < -0.39 is 46.5 Å². The zero-order chi connectivity index (χ0) is 18.1. The summed E-state index contributed by atoms with van der Waals surface area (Å²) in [6.45, 7) is 0. The van der Waals surface area contributed by atoms with Gasteiger partial charge in [-0.25, -0.2) is 0 Å². The second kappa shape index (κ2) is 4.81. The van der Waals surface area contributed by atoms with Gasteiger partial charge in [-0.05, 0) is 0 Å². The van der Waals surface area contributed by atoms with Crippen molar-refractivity contribution >= 4 is 23.1 Å². The zero-order valence-electron chi connectivity index (χ0n) is 13.4. The van der Waals surface area contributed by atoms with Crippen molar-refractivity contribution in [3.8, 4) is 0 Å². The summed E-state index contributed by atoms with van der Waals surface area (Å²) in [5.74, 6) is -2.68. The van der Waals surface area contributed by atoms with Crippen LogP contribution >= 0.6 is 0 Å². The van der Waals surface area contributed by atoms with Crippen LogP contribution in [0.15, 0.2) is 60.7 Å². The second-order valence-corrected chi connectivity index (χ2v) is 6.56. The summed E-state index contributed by atoms with van der Waals surface area (Å²) in [5, 5.41) is 0. The number of epoxide rings is 2. The quantitative estimate of drug-likeness (QED) is 0.468. The number of carbonyl (C=O) groups is 4. The fourth-order valence-electron chi connectivity index (χ4n) is 3.79. The van der Waals surface area contributed by atoms with Gasteiger partial charge in [-0.3, -0.25) is 19.2 Å². The molecule has 4 atom stereocenters. The molecular formula is C20H12O6. The van der Waals surface area contributed by atoms with Crippen LogP contribution in [0.2, 0.25) is 0 Å². The fourth-order valence-corrected chi connectivity index (χ4v) is 3.79. The first-order chi connectivity index (χ1) is 12.5. The summed E-state index contributed by atoms with van der Waals surface area (Å²) < 4.78 is 10.7. The number of carbonyl (C=O) groups excluding carboxylic acids is 4. The van der Waals surface area contributed by atoms with Gasteiger partial charge < -0.3 is 9.47 Å². The molecule has 1 aliphatic carbocycles. The monoisotopic (exact) mass is 348 g/mol. The third kappa shape index (κ3) is 1.63. The molecule has 0 N–H and O–H groups in total. The molecule has 26 heavy (non-hydrogen) atoms. The van der Waals surface area contributed by atoms with E-state index in [1.165, 1.54) is 24.3 Å². The highest BCUT2D eigenvalue weighted by Gasteiger charge is 2.92. The Morgan fingerprint density at radius 2 is 1.08 bits per heavy atom. The molecule has 0 spiro atoms. The second-order valence-electron chi connectivity index (χ2n) is 6.56. The van der Waals surface area contributed by atoms with Gasteiger partial charge in [0.2, 0.25) is 34.3 Å². The van der Waals surface area contributed by atoms with Crippen LogP contribution in [0, 0.1) is 0 Å². The van der Waals surface area contributed by atoms with E-state index in [0.717, 1.165) is 0 Å². The smallest absolute Gasteiger partial charge is 0.237 e. The molecule has 6 nitrogen and oxygen atoms in total. The number of Topliss-reactive ketones (excluding diaryl/α,β-unsaturated/α-hetero) is 4. The topological polar surface area (TPSA) is 93.3 Å². The number of hydrogen-bond acceptors (Lipinski definition) is 6. The highest BCUT2D eigenvalue weighted by molar-refractivity contribution is 6.40. The van der Waals surface area contributed by atoms with Gasteiger partial charge in [0, 0.05) is 11.1 Å². The number of ketones is 4. The molecule has 0 amide bonds. The fraction of sp³-hybridized carbons (Fsp3) is 0.200. The van der Waals surface area contributed by atoms with E-state index in [1.54, 1.807) is 36.4 Å². The van der Waals surface area contributed by atoms with Crippen LogP contribution in [0.4, 0.5) is 0 Å². The summed E-state index contributed by atoms with van der Waals surface area (Å²) in [7, 11) is 0. The maximum Gasteiger partial charge on any atom is 0.237 e. The van der Waals surface area contributed by atoms with Crippen molar-refractivity contribution in [2.45, 2.75) is 23.4 Å². The van der Waals surface area contributed by atoms with Crippen LogP contribution in [0.25, 0.3) is 0 Å². The molecule has 6 heteroatoms.